The van der Waals surface area contributed by atoms with Crippen molar-refractivity contribution < 1.29 is 9.59 Å². The average molecular weight is 519 g/mol. The molecular weight excluding hydrogens is 484 g/mol. The number of benzene rings is 1. The summed E-state index contributed by atoms with van der Waals surface area (Å²) in [6.45, 7) is 4.65. The van der Waals surface area contributed by atoms with Gasteiger partial charge in [0.25, 0.3) is 5.91 Å². The van der Waals surface area contributed by atoms with E-state index in [1.54, 1.807) is 35.4 Å². The molecule has 0 radical (unpaired) electrons. The second-order valence-electron chi connectivity index (χ2n) is 8.53. The SMILES string of the molecule is CC.CN(C)CCC(NC(=O)c1ccn(C)c1)C(=O)Nc1nc(-c2cccc(-c3ccncc3)c2)cs1. The minimum atomic E-state index is -0.688. The molecule has 3 heterocycles. The fourth-order valence-electron chi connectivity index (χ4n) is 3.59. The van der Waals surface area contributed by atoms with Crippen LogP contribution in [0.4, 0.5) is 5.13 Å². The molecule has 0 aliphatic heterocycles. The maximum absolute atomic E-state index is 13.1. The standard InChI is InChI=1S/C26H28N6O2S.C2H6/c1-31(2)13-10-22(28-24(33)21-9-14-32(3)16-21)25(34)30-26-29-23(17-35-26)20-6-4-5-19(15-20)18-7-11-27-12-8-18;1-2/h4-9,11-12,14-17,22H,10,13H2,1-3H3,(H,28,33)(H,29,30,34);1-2H3. The van der Waals surface area contributed by atoms with Gasteiger partial charge < -0.3 is 20.1 Å². The molecule has 4 rings (SSSR count). The average Bonchev–Trinajstić information content (AvgIpc) is 3.57. The van der Waals surface area contributed by atoms with Crippen molar-refractivity contribution in [1.29, 1.82) is 0 Å². The van der Waals surface area contributed by atoms with E-state index in [9.17, 15) is 9.59 Å². The van der Waals surface area contributed by atoms with Crippen molar-refractivity contribution in [3.8, 4) is 22.4 Å². The molecule has 1 unspecified atom stereocenters. The smallest absolute Gasteiger partial charge is 0.253 e. The van der Waals surface area contributed by atoms with Crippen LogP contribution in [0, 0.1) is 0 Å². The van der Waals surface area contributed by atoms with E-state index in [0.29, 0.717) is 23.7 Å². The van der Waals surface area contributed by atoms with E-state index >= 15 is 0 Å². The Morgan fingerprint density at radius 2 is 1.78 bits per heavy atom. The summed E-state index contributed by atoms with van der Waals surface area (Å²) in [6.07, 6.45) is 7.53. The zero-order valence-corrected chi connectivity index (χ0v) is 22.7. The van der Waals surface area contributed by atoms with Crippen LogP contribution in [0.1, 0.15) is 30.6 Å². The number of nitrogens with one attached hydrogen (secondary N) is 2. The highest BCUT2D eigenvalue weighted by molar-refractivity contribution is 7.14. The van der Waals surface area contributed by atoms with Crippen molar-refractivity contribution in [2.45, 2.75) is 26.3 Å². The molecule has 2 N–H and O–H groups in total. The van der Waals surface area contributed by atoms with Crippen LogP contribution in [0.15, 0.2) is 72.6 Å². The number of thiazole rings is 1. The van der Waals surface area contributed by atoms with Crippen molar-refractivity contribution in [2.75, 3.05) is 26.0 Å². The summed E-state index contributed by atoms with van der Waals surface area (Å²) >= 11 is 1.36. The third-order valence-corrected chi connectivity index (χ3v) is 6.24. The van der Waals surface area contributed by atoms with Crippen LogP contribution in [0.5, 0.6) is 0 Å². The molecule has 3 aromatic heterocycles. The van der Waals surface area contributed by atoms with Gasteiger partial charge in [-0.05, 0) is 62.5 Å². The van der Waals surface area contributed by atoms with Crippen LogP contribution in [0.2, 0.25) is 0 Å². The van der Waals surface area contributed by atoms with Gasteiger partial charge in [0, 0.05) is 42.8 Å². The number of hydrogen-bond donors (Lipinski definition) is 2. The van der Waals surface area contributed by atoms with Crippen LogP contribution >= 0.6 is 11.3 Å². The van der Waals surface area contributed by atoms with E-state index in [4.69, 9.17) is 0 Å². The Bertz CT molecular complexity index is 1300. The largest absolute Gasteiger partial charge is 0.356 e. The molecule has 37 heavy (non-hydrogen) atoms. The number of carbonyl (C=O) groups excluding carboxylic acids is 2. The first-order valence-corrected chi connectivity index (χ1v) is 13.1. The Morgan fingerprint density at radius 3 is 2.46 bits per heavy atom. The topological polar surface area (TPSA) is 92.2 Å². The molecule has 4 aromatic rings. The summed E-state index contributed by atoms with van der Waals surface area (Å²) in [5.74, 6) is -0.570. The summed E-state index contributed by atoms with van der Waals surface area (Å²) in [7, 11) is 5.71. The molecule has 0 saturated heterocycles. The number of carbonyl (C=O) groups is 2. The van der Waals surface area contributed by atoms with E-state index in [1.807, 2.05) is 75.6 Å². The number of aromatic nitrogens is 3. The van der Waals surface area contributed by atoms with E-state index in [2.05, 4.69) is 26.7 Å². The van der Waals surface area contributed by atoms with Gasteiger partial charge in [0.05, 0.1) is 11.3 Å². The molecule has 0 aliphatic rings. The predicted octanol–water partition coefficient (Wildman–Crippen LogP) is 4.93. The molecule has 2 amide bonds. The highest BCUT2D eigenvalue weighted by Gasteiger charge is 2.23. The highest BCUT2D eigenvalue weighted by atomic mass is 32.1. The fourth-order valence-corrected chi connectivity index (χ4v) is 4.32. The van der Waals surface area contributed by atoms with Gasteiger partial charge in [-0.25, -0.2) is 4.98 Å². The first kappa shape index (κ1) is 27.8. The molecule has 8 nitrogen and oxygen atoms in total. The quantitative estimate of drug-likeness (QED) is 0.328. The first-order chi connectivity index (χ1) is 17.9. The predicted molar refractivity (Wildman–Crippen MR) is 151 cm³/mol. The van der Waals surface area contributed by atoms with Gasteiger partial charge in [-0.3, -0.25) is 14.6 Å². The molecule has 9 heteroatoms. The van der Waals surface area contributed by atoms with Gasteiger partial charge in [-0.15, -0.1) is 11.3 Å². The van der Waals surface area contributed by atoms with Gasteiger partial charge in [-0.2, -0.15) is 0 Å². The molecule has 194 valence electrons. The lowest BCUT2D eigenvalue weighted by Gasteiger charge is -2.19. The first-order valence-electron chi connectivity index (χ1n) is 12.2. The summed E-state index contributed by atoms with van der Waals surface area (Å²) in [5.41, 5.74) is 4.39. The number of aryl methyl sites for hydroxylation is 1. The Hall–Kier alpha value is -3.82. The lowest BCUT2D eigenvalue weighted by atomic mass is 10.0. The van der Waals surface area contributed by atoms with Gasteiger partial charge in [0.2, 0.25) is 5.91 Å². The highest BCUT2D eigenvalue weighted by Crippen LogP contribution is 2.28. The molecule has 0 spiro atoms. The number of hydrogen-bond acceptors (Lipinski definition) is 6. The zero-order chi connectivity index (χ0) is 26.8. The van der Waals surface area contributed by atoms with Crippen molar-refractivity contribution in [3.63, 3.8) is 0 Å². The third kappa shape index (κ3) is 7.83. The van der Waals surface area contributed by atoms with E-state index in [0.717, 1.165) is 22.4 Å². The van der Waals surface area contributed by atoms with Gasteiger partial charge in [-0.1, -0.05) is 32.0 Å². The van der Waals surface area contributed by atoms with E-state index < -0.39 is 6.04 Å². The maximum atomic E-state index is 13.1. The zero-order valence-electron chi connectivity index (χ0n) is 21.9. The number of nitrogens with zero attached hydrogens (tertiary/aromatic N) is 4. The number of anilines is 1. The van der Waals surface area contributed by atoms with Crippen LogP contribution in [-0.4, -0.2) is 57.9 Å². The molecule has 0 aliphatic carbocycles. The van der Waals surface area contributed by atoms with Gasteiger partial charge in [0.1, 0.15) is 6.04 Å². The molecule has 0 bridgehead atoms. The summed E-state index contributed by atoms with van der Waals surface area (Å²) in [6, 6.07) is 13.0. The van der Waals surface area contributed by atoms with E-state index in [1.165, 1.54) is 11.3 Å². The normalized spacial score (nSPS) is 11.4. The summed E-state index contributed by atoms with van der Waals surface area (Å²) < 4.78 is 1.80. The molecular formula is C28H34N6O2S. The van der Waals surface area contributed by atoms with Crippen LogP contribution in [0.3, 0.4) is 0 Å². The second-order valence-corrected chi connectivity index (χ2v) is 9.39. The third-order valence-electron chi connectivity index (χ3n) is 5.49. The van der Waals surface area contributed by atoms with Crippen LogP contribution in [-0.2, 0) is 11.8 Å². The Morgan fingerprint density at radius 1 is 1.05 bits per heavy atom. The fraction of sp³-hybridized carbons (Fsp3) is 0.286. The summed E-state index contributed by atoms with van der Waals surface area (Å²) in [5, 5.41) is 8.16. The van der Waals surface area contributed by atoms with Crippen molar-refractivity contribution in [1.82, 2.24) is 24.8 Å². The Labute approximate surface area is 222 Å². The van der Waals surface area contributed by atoms with Crippen molar-refractivity contribution in [2.24, 2.45) is 7.05 Å². The van der Waals surface area contributed by atoms with Crippen molar-refractivity contribution >= 4 is 28.3 Å². The van der Waals surface area contributed by atoms with Gasteiger partial charge in [0.15, 0.2) is 5.13 Å². The maximum Gasteiger partial charge on any atom is 0.253 e. The van der Waals surface area contributed by atoms with Crippen LogP contribution < -0.4 is 10.6 Å². The lowest BCUT2D eigenvalue weighted by molar-refractivity contribution is -0.118. The second kappa shape index (κ2) is 13.5. The van der Waals surface area contributed by atoms with E-state index in [-0.39, 0.29) is 11.8 Å². The number of rotatable bonds is 9. The lowest BCUT2D eigenvalue weighted by Crippen LogP contribution is -2.45. The Kier molecular flexibility index (Phi) is 10.1. The van der Waals surface area contributed by atoms with Gasteiger partial charge >= 0.3 is 0 Å². The monoisotopic (exact) mass is 518 g/mol. The number of amides is 2. The summed E-state index contributed by atoms with van der Waals surface area (Å²) in [4.78, 5) is 36.4. The van der Waals surface area contributed by atoms with Crippen LogP contribution in [0.25, 0.3) is 22.4 Å². The molecule has 0 fully saturated rings. The molecule has 0 saturated carbocycles. The number of pyridine rings is 1. The van der Waals surface area contributed by atoms with Crippen molar-refractivity contribution in [3.05, 3.63) is 78.2 Å². The molecule has 1 aromatic carbocycles. The Balaban J connectivity index is 0.00000186. The minimum Gasteiger partial charge on any atom is -0.356 e. The minimum absolute atomic E-state index is 0.280. The molecule has 1 atom stereocenters.